The molecule has 0 atom stereocenters. The third kappa shape index (κ3) is 4.24. The minimum absolute atomic E-state index is 1.34. The lowest BCUT2D eigenvalue weighted by atomic mass is 9.96. The molecular weight excluding hydrogens is 228 g/mol. The Kier molecular flexibility index (Phi) is 5.35. The van der Waals surface area contributed by atoms with Crippen LogP contribution in [0.15, 0.2) is 30.3 Å². The van der Waals surface area contributed by atoms with Crippen molar-refractivity contribution in [1.82, 2.24) is 0 Å². The highest BCUT2D eigenvalue weighted by Gasteiger charge is 2.02. The first-order valence-electron chi connectivity index (χ1n) is 6.90. The van der Waals surface area contributed by atoms with Gasteiger partial charge in [0.2, 0.25) is 0 Å². The van der Waals surface area contributed by atoms with E-state index in [2.05, 4.69) is 78.8 Å². The number of hydrogen-bond acceptors (Lipinski definition) is 0. The van der Waals surface area contributed by atoms with Crippen LogP contribution in [0.4, 0.5) is 0 Å². The van der Waals surface area contributed by atoms with Crippen molar-refractivity contribution in [3.8, 4) is 0 Å². The van der Waals surface area contributed by atoms with E-state index in [0.29, 0.717) is 0 Å². The molecule has 0 fully saturated rings. The van der Waals surface area contributed by atoms with E-state index in [-0.39, 0.29) is 0 Å². The second-order valence-corrected chi connectivity index (χ2v) is 5.54. The van der Waals surface area contributed by atoms with E-state index < -0.39 is 0 Å². The molecule has 0 saturated carbocycles. The van der Waals surface area contributed by atoms with Gasteiger partial charge in [0.1, 0.15) is 0 Å². The largest absolute Gasteiger partial charge is 0.0617 e. The first kappa shape index (κ1) is 15.5. The Morgan fingerprint density at radius 1 is 0.526 bits per heavy atom. The van der Waals surface area contributed by atoms with E-state index in [1.807, 2.05) is 0 Å². The SMILES string of the molecule is Cc1cc(C)c(C)c(C)c1C.Cc1cccc(C)c1. The minimum Gasteiger partial charge on any atom is -0.0617 e. The molecule has 0 aliphatic rings. The normalized spacial score (nSPS) is 9.84. The van der Waals surface area contributed by atoms with Crippen molar-refractivity contribution in [2.24, 2.45) is 0 Å². The lowest BCUT2D eigenvalue weighted by Crippen LogP contribution is -1.93. The molecule has 0 bridgehead atoms. The Hall–Kier alpha value is -1.56. The summed E-state index contributed by atoms with van der Waals surface area (Å²) in [6.07, 6.45) is 0. The lowest BCUT2D eigenvalue weighted by molar-refractivity contribution is 1.18. The van der Waals surface area contributed by atoms with E-state index in [4.69, 9.17) is 0 Å². The van der Waals surface area contributed by atoms with Gasteiger partial charge in [-0.1, -0.05) is 41.5 Å². The number of aryl methyl sites for hydroxylation is 4. The first-order chi connectivity index (χ1) is 8.82. The molecule has 0 aliphatic heterocycles. The van der Waals surface area contributed by atoms with Crippen molar-refractivity contribution in [3.63, 3.8) is 0 Å². The smallest absolute Gasteiger partial charge is 0.0392 e. The molecule has 0 nitrogen and oxygen atoms in total. The third-order valence-corrected chi connectivity index (χ3v) is 3.91. The summed E-state index contributed by atoms with van der Waals surface area (Å²) < 4.78 is 0. The zero-order valence-electron chi connectivity index (χ0n) is 13.4. The second-order valence-electron chi connectivity index (χ2n) is 5.54. The standard InChI is InChI=1S/C11H16.C8H10/c1-7-6-8(2)10(4)11(5)9(7)3;1-7-4-3-5-8(2)6-7/h6H,1-5H3;3-6H,1-2H3. The Morgan fingerprint density at radius 3 is 1.26 bits per heavy atom. The van der Waals surface area contributed by atoms with Crippen LogP contribution in [0.5, 0.6) is 0 Å². The topological polar surface area (TPSA) is 0 Å². The monoisotopic (exact) mass is 254 g/mol. The summed E-state index contributed by atoms with van der Waals surface area (Å²) in [4.78, 5) is 0. The maximum Gasteiger partial charge on any atom is -0.0392 e. The predicted octanol–water partition coefficient (Wildman–Crippen LogP) is 5.53. The van der Waals surface area contributed by atoms with Gasteiger partial charge in [-0.15, -0.1) is 0 Å². The Morgan fingerprint density at radius 2 is 0.947 bits per heavy atom. The third-order valence-electron chi connectivity index (χ3n) is 3.91. The molecule has 0 heterocycles. The number of hydrogen-bond donors (Lipinski definition) is 0. The van der Waals surface area contributed by atoms with E-state index in [1.165, 1.54) is 38.9 Å². The maximum atomic E-state index is 2.26. The molecule has 2 aromatic carbocycles. The van der Waals surface area contributed by atoms with Crippen molar-refractivity contribution in [2.75, 3.05) is 0 Å². The predicted molar refractivity (Wildman–Crippen MR) is 86.0 cm³/mol. The van der Waals surface area contributed by atoms with Gasteiger partial charge < -0.3 is 0 Å². The lowest BCUT2D eigenvalue weighted by Gasteiger charge is -2.10. The molecule has 102 valence electrons. The van der Waals surface area contributed by atoms with Gasteiger partial charge >= 0.3 is 0 Å². The van der Waals surface area contributed by atoms with Gasteiger partial charge in [-0.2, -0.15) is 0 Å². The molecule has 0 aromatic heterocycles. The first-order valence-corrected chi connectivity index (χ1v) is 6.90. The summed E-state index contributed by atoms with van der Waals surface area (Å²) in [5.74, 6) is 0. The van der Waals surface area contributed by atoms with Crippen molar-refractivity contribution < 1.29 is 0 Å². The van der Waals surface area contributed by atoms with Crippen LogP contribution < -0.4 is 0 Å². The van der Waals surface area contributed by atoms with Crippen molar-refractivity contribution in [3.05, 3.63) is 69.3 Å². The van der Waals surface area contributed by atoms with Crippen LogP contribution in [-0.4, -0.2) is 0 Å². The highest BCUT2D eigenvalue weighted by molar-refractivity contribution is 5.42. The maximum absolute atomic E-state index is 2.26. The van der Waals surface area contributed by atoms with Crippen molar-refractivity contribution in [2.45, 2.75) is 48.5 Å². The van der Waals surface area contributed by atoms with Crippen LogP contribution in [-0.2, 0) is 0 Å². The van der Waals surface area contributed by atoms with Crippen LogP contribution in [0.2, 0.25) is 0 Å². The van der Waals surface area contributed by atoms with Gasteiger partial charge in [0.15, 0.2) is 0 Å². The van der Waals surface area contributed by atoms with Crippen LogP contribution in [0, 0.1) is 48.5 Å². The van der Waals surface area contributed by atoms with Crippen LogP contribution in [0.25, 0.3) is 0 Å². The molecule has 0 aliphatic carbocycles. The molecule has 0 saturated heterocycles. The quantitative estimate of drug-likeness (QED) is 0.579. The van der Waals surface area contributed by atoms with E-state index >= 15 is 0 Å². The molecule has 0 spiro atoms. The van der Waals surface area contributed by atoms with Crippen LogP contribution in [0.1, 0.15) is 38.9 Å². The van der Waals surface area contributed by atoms with Gasteiger partial charge in [0.25, 0.3) is 0 Å². The fourth-order valence-corrected chi connectivity index (χ4v) is 2.22. The van der Waals surface area contributed by atoms with Crippen molar-refractivity contribution >= 4 is 0 Å². The minimum atomic E-state index is 1.34. The van der Waals surface area contributed by atoms with Gasteiger partial charge in [-0.3, -0.25) is 0 Å². The Balaban J connectivity index is 0.000000200. The highest BCUT2D eigenvalue weighted by atomic mass is 14.1. The van der Waals surface area contributed by atoms with Gasteiger partial charge in [-0.25, -0.2) is 0 Å². The second kappa shape index (κ2) is 6.56. The van der Waals surface area contributed by atoms with Gasteiger partial charge in [-0.05, 0) is 76.3 Å². The Labute approximate surface area is 118 Å². The van der Waals surface area contributed by atoms with E-state index in [0.717, 1.165) is 0 Å². The summed E-state index contributed by atoms with van der Waals surface area (Å²) in [5.41, 5.74) is 9.81. The Bertz CT molecular complexity index is 519. The van der Waals surface area contributed by atoms with Crippen LogP contribution in [0.3, 0.4) is 0 Å². The zero-order chi connectivity index (χ0) is 14.6. The highest BCUT2D eigenvalue weighted by Crippen LogP contribution is 2.19. The van der Waals surface area contributed by atoms with Gasteiger partial charge in [0.05, 0.1) is 0 Å². The number of rotatable bonds is 0. The molecular formula is C19H26. The van der Waals surface area contributed by atoms with E-state index in [1.54, 1.807) is 0 Å². The van der Waals surface area contributed by atoms with Crippen molar-refractivity contribution in [1.29, 1.82) is 0 Å². The summed E-state index contributed by atoms with van der Waals surface area (Å²) in [6, 6.07) is 10.7. The average Bonchev–Trinajstić information content (AvgIpc) is 2.34. The molecule has 0 amide bonds. The summed E-state index contributed by atoms with van der Waals surface area (Å²) >= 11 is 0. The van der Waals surface area contributed by atoms with E-state index in [9.17, 15) is 0 Å². The molecule has 2 rings (SSSR count). The summed E-state index contributed by atoms with van der Waals surface area (Å²) in [5, 5.41) is 0. The molecule has 0 unspecified atom stereocenters. The van der Waals surface area contributed by atoms with Crippen LogP contribution >= 0.6 is 0 Å². The molecule has 0 radical (unpaired) electrons. The summed E-state index contributed by atoms with van der Waals surface area (Å²) in [6.45, 7) is 15.1. The molecule has 0 N–H and O–H groups in total. The fraction of sp³-hybridized carbons (Fsp3) is 0.368. The molecule has 2 aromatic rings. The van der Waals surface area contributed by atoms with Gasteiger partial charge in [0, 0.05) is 0 Å². The average molecular weight is 254 g/mol. The molecule has 0 heteroatoms. The fourth-order valence-electron chi connectivity index (χ4n) is 2.22. The molecule has 19 heavy (non-hydrogen) atoms. The number of benzene rings is 2. The zero-order valence-corrected chi connectivity index (χ0v) is 13.4. The summed E-state index contributed by atoms with van der Waals surface area (Å²) in [7, 11) is 0.